The number of piperidine rings is 1. The first-order valence-electron chi connectivity index (χ1n) is 4.98. The molecule has 72 valence electrons. The molecule has 0 radical (unpaired) electrons. The monoisotopic (exact) mass is 187 g/mol. The number of hydrogen-bond donors (Lipinski definition) is 1. The molecule has 0 amide bonds. The number of hydrogen-bond acceptors (Lipinski definition) is 2. The largest absolute Gasteiger partial charge is 0.296 e. The molecule has 1 aliphatic rings. The van der Waals surface area contributed by atoms with Crippen molar-refractivity contribution in [1.29, 1.82) is 0 Å². The molecule has 12 heavy (non-hydrogen) atoms. The van der Waals surface area contributed by atoms with Gasteiger partial charge < -0.3 is 0 Å². The third-order valence-corrected chi connectivity index (χ3v) is 3.26. The van der Waals surface area contributed by atoms with Crippen LogP contribution in [0.15, 0.2) is 0 Å². The first kappa shape index (κ1) is 10.4. The predicted octanol–water partition coefficient (Wildman–Crippen LogP) is 2.57. The van der Waals surface area contributed by atoms with Crippen molar-refractivity contribution < 1.29 is 0 Å². The van der Waals surface area contributed by atoms with E-state index < -0.39 is 0 Å². The van der Waals surface area contributed by atoms with E-state index in [1.165, 1.54) is 12.8 Å². The summed E-state index contributed by atoms with van der Waals surface area (Å²) in [7, 11) is 0. The van der Waals surface area contributed by atoms with Crippen LogP contribution in [0.4, 0.5) is 0 Å². The molecule has 1 rings (SSSR count). The van der Waals surface area contributed by atoms with Crippen LogP contribution < -0.4 is 0 Å². The predicted molar refractivity (Wildman–Crippen MR) is 57.9 cm³/mol. The second-order valence-corrected chi connectivity index (χ2v) is 5.09. The lowest BCUT2D eigenvalue weighted by Gasteiger charge is -2.44. The molecule has 2 heteroatoms. The summed E-state index contributed by atoms with van der Waals surface area (Å²) >= 11 is 4.56. The zero-order chi connectivity index (χ0) is 9.30. The van der Waals surface area contributed by atoms with Crippen LogP contribution >= 0.6 is 12.6 Å². The molecular weight excluding hydrogens is 166 g/mol. The molecule has 0 spiro atoms. The Hall–Kier alpha value is 0.310. The minimum absolute atomic E-state index is 0.616. The fourth-order valence-corrected chi connectivity index (χ4v) is 3.19. The fraction of sp³-hybridized carbons (Fsp3) is 1.00. The zero-order valence-corrected chi connectivity index (χ0v) is 9.51. The van der Waals surface area contributed by atoms with Crippen LogP contribution in [0.1, 0.15) is 40.5 Å². The summed E-state index contributed by atoms with van der Waals surface area (Å²) in [5, 5.41) is 0.616. The lowest BCUT2D eigenvalue weighted by Crippen LogP contribution is -2.50. The maximum absolute atomic E-state index is 4.56. The summed E-state index contributed by atoms with van der Waals surface area (Å²) in [4.78, 5) is 2.60. The van der Waals surface area contributed by atoms with Crippen LogP contribution in [0.3, 0.4) is 0 Å². The van der Waals surface area contributed by atoms with E-state index in [0.717, 1.165) is 0 Å². The Bertz CT molecular complexity index is 135. The molecule has 0 aliphatic carbocycles. The topological polar surface area (TPSA) is 3.24 Å². The third kappa shape index (κ3) is 2.17. The second-order valence-electron chi connectivity index (χ2n) is 4.36. The molecule has 1 nitrogen and oxygen atoms in total. The van der Waals surface area contributed by atoms with E-state index in [1.807, 2.05) is 0 Å². The van der Waals surface area contributed by atoms with Crippen LogP contribution in [0, 0.1) is 0 Å². The summed E-state index contributed by atoms with van der Waals surface area (Å²) in [5.74, 6) is 0. The molecule has 1 aliphatic heterocycles. The highest BCUT2D eigenvalue weighted by Crippen LogP contribution is 2.27. The van der Waals surface area contributed by atoms with E-state index >= 15 is 0 Å². The lowest BCUT2D eigenvalue weighted by molar-refractivity contribution is 0.0739. The first-order chi connectivity index (χ1) is 5.52. The number of likely N-dealkylation sites (tertiary alicyclic amines) is 1. The quantitative estimate of drug-likeness (QED) is 0.618. The maximum atomic E-state index is 4.56. The van der Waals surface area contributed by atoms with Gasteiger partial charge in [-0.05, 0) is 40.5 Å². The molecule has 1 fully saturated rings. The van der Waals surface area contributed by atoms with E-state index in [-0.39, 0.29) is 0 Å². The van der Waals surface area contributed by atoms with E-state index in [4.69, 9.17) is 0 Å². The summed E-state index contributed by atoms with van der Waals surface area (Å²) in [6.45, 7) is 9.20. The van der Waals surface area contributed by atoms with Crippen LogP contribution in [-0.4, -0.2) is 28.3 Å². The Kier molecular flexibility index (Phi) is 3.47. The Labute approximate surface area is 81.9 Å². The normalized spacial score (nSPS) is 39.0. The van der Waals surface area contributed by atoms with Gasteiger partial charge in [-0.25, -0.2) is 0 Å². The molecular formula is C10H21NS. The van der Waals surface area contributed by atoms with Gasteiger partial charge in [-0.15, -0.1) is 0 Å². The van der Waals surface area contributed by atoms with Gasteiger partial charge in [0, 0.05) is 23.4 Å². The van der Waals surface area contributed by atoms with Crippen molar-refractivity contribution in [2.45, 2.75) is 63.9 Å². The summed E-state index contributed by atoms with van der Waals surface area (Å²) in [5.41, 5.74) is 0. The molecule has 0 saturated carbocycles. The van der Waals surface area contributed by atoms with Gasteiger partial charge in [0.05, 0.1) is 0 Å². The number of nitrogens with zero attached hydrogens (tertiary/aromatic N) is 1. The van der Waals surface area contributed by atoms with Gasteiger partial charge >= 0.3 is 0 Å². The second kappa shape index (κ2) is 4.01. The maximum Gasteiger partial charge on any atom is 0.00829 e. The Morgan fingerprint density at radius 3 is 1.92 bits per heavy atom. The average molecular weight is 187 g/mol. The van der Waals surface area contributed by atoms with Gasteiger partial charge in [-0.2, -0.15) is 12.6 Å². The molecule has 0 bridgehead atoms. The summed E-state index contributed by atoms with van der Waals surface area (Å²) in [6.07, 6.45) is 2.48. The Balaban J connectivity index is 2.60. The van der Waals surface area contributed by atoms with E-state index in [0.29, 0.717) is 23.4 Å². The van der Waals surface area contributed by atoms with Crippen molar-refractivity contribution in [3.8, 4) is 0 Å². The van der Waals surface area contributed by atoms with Crippen molar-refractivity contribution in [2.24, 2.45) is 0 Å². The SMILES string of the molecule is CC(C)N1C(C)CC(S)CC1C. The van der Waals surface area contributed by atoms with Crippen LogP contribution in [0.5, 0.6) is 0 Å². The molecule has 1 heterocycles. The van der Waals surface area contributed by atoms with Crippen LogP contribution in [-0.2, 0) is 0 Å². The zero-order valence-electron chi connectivity index (χ0n) is 8.62. The van der Waals surface area contributed by atoms with Gasteiger partial charge in [0.15, 0.2) is 0 Å². The molecule has 0 aromatic rings. The summed E-state index contributed by atoms with van der Waals surface area (Å²) < 4.78 is 0. The minimum Gasteiger partial charge on any atom is -0.296 e. The van der Waals surface area contributed by atoms with Crippen molar-refractivity contribution in [3.63, 3.8) is 0 Å². The van der Waals surface area contributed by atoms with Crippen LogP contribution in [0.2, 0.25) is 0 Å². The standard InChI is InChI=1S/C10H21NS/c1-7(2)11-8(3)5-10(12)6-9(11)4/h7-10,12H,5-6H2,1-4H3. The molecule has 1 saturated heterocycles. The number of thiol groups is 1. The van der Waals surface area contributed by atoms with Crippen molar-refractivity contribution >= 4 is 12.6 Å². The van der Waals surface area contributed by atoms with Gasteiger partial charge in [-0.1, -0.05) is 0 Å². The van der Waals surface area contributed by atoms with E-state index in [1.54, 1.807) is 0 Å². The fourth-order valence-electron chi connectivity index (χ4n) is 2.58. The van der Waals surface area contributed by atoms with E-state index in [9.17, 15) is 0 Å². The highest BCUT2D eigenvalue weighted by atomic mass is 32.1. The molecule has 0 N–H and O–H groups in total. The van der Waals surface area contributed by atoms with Gasteiger partial charge in [-0.3, -0.25) is 4.90 Å². The highest BCUT2D eigenvalue weighted by molar-refractivity contribution is 7.80. The van der Waals surface area contributed by atoms with Gasteiger partial charge in [0.25, 0.3) is 0 Å². The Morgan fingerprint density at radius 2 is 1.58 bits per heavy atom. The molecule has 2 unspecified atom stereocenters. The third-order valence-electron chi connectivity index (χ3n) is 2.84. The first-order valence-corrected chi connectivity index (χ1v) is 5.49. The molecule has 0 aromatic carbocycles. The van der Waals surface area contributed by atoms with Gasteiger partial charge in [0.2, 0.25) is 0 Å². The molecule has 0 aromatic heterocycles. The highest BCUT2D eigenvalue weighted by Gasteiger charge is 2.30. The molecule has 2 atom stereocenters. The Morgan fingerprint density at radius 1 is 1.17 bits per heavy atom. The average Bonchev–Trinajstić information content (AvgIpc) is 1.82. The van der Waals surface area contributed by atoms with Crippen molar-refractivity contribution in [3.05, 3.63) is 0 Å². The summed E-state index contributed by atoms with van der Waals surface area (Å²) in [6, 6.07) is 2.09. The van der Waals surface area contributed by atoms with Crippen molar-refractivity contribution in [2.75, 3.05) is 0 Å². The minimum atomic E-state index is 0.616. The van der Waals surface area contributed by atoms with E-state index in [2.05, 4.69) is 45.2 Å². The number of rotatable bonds is 1. The van der Waals surface area contributed by atoms with Crippen molar-refractivity contribution in [1.82, 2.24) is 4.90 Å². The lowest BCUT2D eigenvalue weighted by atomic mass is 9.95. The smallest absolute Gasteiger partial charge is 0.00829 e. The van der Waals surface area contributed by atoms with Crippen LogP contribution in [0.25, 0.3) is 0 Å². The van der Waals surface area contributed by atoms with Gasteiger partial charge in [0.1, 0.15) is 0 Å².